The quantitative estimate of drug-likeness (QED) is 0.673. The zero-order valence-electron chi connectivity index (χ0n) is 11.5. The molecule has 3 aromatic rings. The van der Waals surface area contributed by atoms with Crippen molar-refractivity contribution in [2.75, 3.05) is 14.2 Å². The number of ether oxygens (including phenoxy) is 2. The molecule has 1 aromatic heterocycles. The molecule has 0 saturated heterocycles. The topological polar surface area (TPSA) is 55.1 Å². The Hall–Kier alpha value is -2.51. The number of pyridine rings is 1. The van der Waals surface area contributed by atoms with Crippen LogP contribution in [0, 0.1) is 11.3 Å². The molecule has 5 heteroatoms. The average Bonchev–Trinajstić information content (AvgIpc) is 2.52. The van der Waals surface area contributed by atoms with E-state index in [0.717, 1.165) is 21.7 Å². The predicted octanol–water partition coefficient (Wildman–Crippen LogP) is 3.93. The van der Waals surface area contributed by atoms with Gasteiger partial charge in [-0.15, -0.1) is 0 Å². The number of nitrogens with zero attached hydrogens (tertiary/aromatic N) is 2. The molecule has 21 heavy (non-hydrogen) atoms. The normalized spacial score (nSPS) is 10.6. The maximum atomic E-state index is 9.03. The molecule has 4 nitrogen and oxygen atoms in total. The van der Waals surface area contributed by atoms with Crippen LogP contribution in [0.2, 0.25) is 5.02 Å². The van der Waals surface area contributed by atoms with Crippen LogP contribution in [0.1, 0.15) is 5.56 Å². The zero-order chi connectivity index (χ0) is 15.0. The van der Waals surface area contributed by atoms with Crippen LogP contribution in [-0.4, -0.2) is 19.2 Å². The van der Waals surface area contributed by atoms with E-state index >= 15 is 0 Å². The van der Waals surface area contributed by atoms with Gasteiger partial charge in [-0.3, -0.25) is 4.98 Å². The molecule has 2 aromatic carbocycles. The van der Waals surface area contributed by atoms with Gasteiger partial charge in [0.15, 0.2) is 11.5 Å². The van der Waals surface area contributed by atoms with Crippen LogP contribution in [0.4, 0.5) is 0 Å². The first-order chi connectivity index (χ1) is 10.2. The van der Waals surface area contributed by atoms with E-state index in [1.54, 1.807) is 14.2 Å². The van der Waals surface area contributed by atoms with E-state index in [1.807, 2.05) is 30.3 Å². The molecule has 0 amide bonds. The third-order valence-corrected chi connectivity index (χ3v) is 3.79. The molecule has 3 rings (SSSR count). The first-order valence-electron chi connectivity index (χ1n) is 6.22. The molecule has 0 fully saturated rings. The summed E-state index contributed by atoms with van der Waals surface area (Å²) < 4.78 is 10.6. The SMILES string of the molecule is COc1cc2cc3ncc(C#N)c(Cl)c3cc2cc1OC. The second-order valence-corrected chi connectivity index (χ2v) is 4.90. The highest BCUT2D eigenvalue weighted by Crippen LogP contribution is 2.35. The Morgan fingerprint density at radius 3 is 2.24 bits per heavy atom. The average molecular weight is 299 g/mol. The Morgan fingerprint density at radius 1 is 1.05 bits per heavy atom. The van der Waals surface area contributed by atoms with Gasteiger partial charge in [0.2, 0.25) is 0 Å². The lowest BCUT2D eigenvalue weighted by Crippen LogP contribution is -1.91. The van der Waals surface area contributed by atoms with Gasteiger partial charge in [-0.25, -0.2) is 0 Å². The number of benzene rings is 2. The number of rotatable bonds is 2. The third-order valence-electron chi connectivity index (χ3n) is 3.38. The fourth-order valence-corrected chi connectivity index (χ4v) is 2.55. The fraction of sp³-hybridized carbons (Fsp3) is 0.125. The Labute approximate surface area is 126 Å². The highest BCUT2D eigenvalue weighted by molar-refractivity contribution is 6.36. The molecule has 0 aliphatic rings. The Morgan fingerprint density at radius 2 is 1.67 bits per heavy atom. The van der Waals surface area contributed by atoms with Crippen LogP contribution >= 0.6 is 11.6 Å². The molecule has 0 aliphatic carbocycles. The van der Waals surface area contributed by atoms with Gasteiger partial charge >= 0.3 is 0 Å². The van der Waals surface area contributed by atoms with Crippen LogP contribution in [-0.2, 0) is 0 Å². The molecule has 0 bridgehead atoms. The van der Waals surface area contributed by atoms with E-state index in [9.17, 15) is 0 Å². The van der Waals surface area contributed by atoms with Crippen LogP contribution in [0.3, 0.4) is 0 Å². The molecule has 0 N–H and O–H groups in total. The summed E-state index contributed by atoms with van der Waals surface area (Å²) in [7, 11) is 3.19. The number of aromatic nitrogens is 1. The molecule has 0 radical (unpaired) electrons. The summed E-state index contributed by atoms with van der Waals surface area (Å²) in [5.74, 6) is 1.30. The molecule has 1 heterocycles. The first kappa shape index (κ1) is 13.5. The van der Waals surface area contributed by atoms with Gasteiger partial charge in [-0.2, -0.15) is 5.26 Å². The molecule has 0 saturated carbocycles. The second kappa shape index (κ2) is 5.12. The van der Waals surface area contributed by atoms with Crippen molar-refractivity contribution in [1.82, 2.24) is 4.98 Å². The monoisotopic (exact) mass is 298 g/mol. The third kappa shape index (κ3) is 2.12. The van der Waals surface area contributed by atoms with E-state index in [-0.39, 0.29) is 0 Å². The van der Waals surface area contributed by atoms with Crippen molar-refractivity contribution in [1.29, 1.82) is 5.26 Å². The van der Waals surface area contributed by atoms with Gasteiger partial charge in [-0.05, 0) is 35.0 Å². The number of hydrogen-bond donors (Lipinski definition) is 0. The molecule has 0 spiro atoms. The van der Waals surface area contributed by atoms with Crippen LogP contribution < -0.4 is 9.47 Å². The van der Waals surface area contributed by atoms with E-state index in [4.69, 9.17) is 26.3 Å². The maximum Gasteiger partial charge on any atom is 0.161 e. The van der Waals surface area contributed by atoms with Crippen LogP contribution in [0.5, 0.6) is 11.5 Å². The number of nitriles is 1. The van der Waals surface area contributed by atoms with Gasteiger partial charge in [0.05, 0.1) is 30.3 Å². The number of hydrogen-bond acceptors (Lipinski definition) is 4. The zero-order valence-corrected chi connectivity index (χ0v) is 12.2. The Kier molecular flexibility index (Phi) is 3.28. The molecule has 0 unspecified atom stereocenters. The minimum Gasteiger partial charge on any atom is -0.493 e. The van der Waals surface area contributed by atoms with Gasteiger partial charge < -0.3 is 9.47 Å². The predicted molar refractivity (Wildman–Crippen MR) is 82.1 cm³/mol. The van der Waals surface area contributed by atoms with Crippen molar-refractivity contribution in [3.05, 3.63) is 41.0 Å². The standard InChI is InChI=1S/C16H11ClN2O2/c1-20-14-5-9-3-12-13(4-10(9)6-15(14)21-2)19-8-11(7-18)16(12)17/h3-6,8H,1-2H3. The Bertz CT molecular complexity index is 900. The number of fused-ring (bicyclic) bond motifs is 2. The lowest BCUT2D eigenvalue weighted by Gasteiger charge is -2.10. The van der Waals surface area contributed by atoms with E-state index in [2.05, 4.69) is 4.98 Å². The highest BCUT2D eigenvalue weighted by Gasteiger charge is 2.11. The van der Waals surface area contributed by atoms with E-state index in [1.165, 1.54) is 6.20 Å². The van der Waals surface area contributed by atoms with Gasteiger partial charge in [0.25, 0.3) is 0 Å². The van der Waals surface area contributed by atoms with E-state index in [0.29, 0.717) is 22.1 Å². The summed E-state index contributed by atoms with van der Waals surface area (Å²) >= 11 is 6.26. The highest BCUT2D eigenvalue weighted by atomic mass is 35.5. The van der Waals surface area contributed by atoms with Gasteiger partial charge in [-0.1, -0.05) is 11.6 Å². The smallest absolute Gasteiger partial charge is 0.161 e. The van der Waals surface area contributed by atoms with Crippen molar-refractivity contribution in [2.24, 2.45) is 0 Å². The minimum absolute atomic E-state index is 0.365. The second-order valence-electron chi connectivity index (χ2n) is 4.52. The van der Waals surface area contributed by atoms with Crippen LogP contribution in [0.25, 0.3) is 21.7 Å². The summed E-state index contributed by atoms with van der Waals surface area (Å²) in [6.07, 6.45) is 1.48. The summed E-state index contributed by atoms with van der Waals surface area (Å²) in [6, 6.07) is 9.63. The summed E-state index contributed by atoms with van der Waals surface area (Å²) in [6.45, 7) is 0. The molecule has 0 atom stereocenters. The molecule has 104 valence electrons. The lowest BCUT2D eigenvalue weighted by atomic mass is 10.0. The molecular formula is C16H11ClN2O2. The largest absolute Gasteiger partial charge is 0.493 e. The van der Waals surface area contributed by atoms with Gasteiger partial charge in [0.1, 0.15) is 6.07 Å². The Balaban J connectivity index is 2.38. The summed E-state index contributed by atoms with van der Waals surface area (Å²) in [5.41, 5.74) is 1.10. The molecule has 0 aliphatic heterocycles. The summed E-state index contributed by atoms with van der Waals surface area (Å²) in [4.78, 5) is 4.28. The first-order valence-corrected chi connectivity index (χ1v) is 6.60. The van der Waals surface area contributed by atoms with Crippen molar-refractivity contribution in [3.8, 4) is 17.6 Å². The van der Waals surface area contributed by atoms with Crippen molar-refractivity contribution < 1.29 is 9.47 Å². The number of methoxy groups -OCH3 is 2. The van der Waals surface area contributed by atoms with Crippen molar-refractivity contribution in [2.45, 2.75) is 0 Å². The summed E-state index contributed by atoms with van der Waals surface area (Å²) in [5, 5.41) is 12.1. The number of halogens is 1. The maximum absolute atomic E-state index is 9.03. The van der Waals surface area contributed by atoms with E-state index < -0.39 is 0 Å². The van der Waals surface area contributed by atoms with Crippen molar-refractivity contribution >= 4 is 33.3 Å². The minimum atomic E-state index is 0.365. The van der Waals surface area contributed by atoms with Gasteiger partial charge in [0, 0.05) is 11.6 Å². The lowest BCUT2D eigenvalue weighted by molar-refractivity contribution is 0.356. The fourth-order valence-electron chi connectivity index (χ4n) is 2.31. The molecular weight excluding hydrogens is 288 g/mol. The van der Waals surface area contributed by atoms with Crippen molar-refractivity contribution in [3.63, 3.8) is 0 Å². The van der Waals surface area contributed by atoms with Crippen LogP contribution in [0.15, 0.2) is 30.5 Å².